The summed E-state index contributed by atoms with van der Waals surface area (Å²) >= 11 is 0. The fraction of sp³-hybridized carbons (Fsp3) is 0.500. The van der Waals surface area contributed by atoms with Crippen LogP contribution in [0.1, 0.15) is 44.1 Å². The molecule has 1 saturated carbocycles. The van der Waals surface area contributed by atoms with Gasteiger partial charge in [0.25, 0.3) is 0 Å². The van der Waals surface area contributed by atoms with Crippen LogP contribution in [0.5, 0.6) is 17.2 Å². The van der Waals surface area contributed by atoms with Gasteiger partial charge in [-0.05, 0) is 74.1 Å². The van der Waals surface area contributed by atoms with Gasteiger partial charge in [-0.25, -0.2) is 0 Å². The van der Waals surface area contributed by atoms with Crippen LogP contribution in [0.4, 0.5) is 0 Å². The summed E-state index contributed by atoms with van der Waals surface area (Å²) in [6.45, 7) is 2.26. The first-order chi connectivity index (χ1) is 17.6. The minimum Gasteiger partial charge on any atom is -0.494 e. The fourth-order valence-electron chi connectivity index (χ4n) is 3.97. The first kappa shape index (κ1) is 27.6. The zero-order valence-electron chi connectivity index (χ0n) is 20.9. The van der Waals surface area contributed by atoms with Gasteiger partial charge in [-0.15, -0.1) is 0 Å². The third-order valence-electron chi connectivity index (χ3n) is 6.05. The second-order valence-electron chi connectivity index (χ2n) is 8.83. The van der Waals surface area contributed by atoms with Crippen LogP contribution >= 0.6 is 0 Å². The average molecular weight is 501 g/mol. The first-order valence-electron chi connectivity index (χ1n) is 12.5. The maximum absolute atomic E-state index is 12.6. The minimum atomic E-state index is -0.271. The van der Waals surface area contributed by atoms with Crippen LogP contribution in [0, 0.1) is 11.8 Å². The molecule has 0 saturated heterocycles. The van der Waals surface area contributed by atoms with E-state index in [9.17, 15) is 9.59 Å². The molecule has 36 heavy (non-hydrogen) atoms. The van der Waals surface area contributed by atoms with Crippen molar-refractivity contribution >= 4 is 11.9 Å². The van der Waals surface area contributed by atoms with Gasteiger partial charge in [-0.2, -0.15) is 0 Å². The number of esters is 2. The van der Waals surface area contributed by atoms with E-state index in [1.165, 1.54) is 0 Å². The zero-order valence-corrected chi connectivity index (χ0v) is 20.9. The van der Waals surface area contributed by atoms with E-state index < -0.39 is 0 Å². The van der Waals surface area contributed by atoms with Gasteiger partial charge in [0, 0.05) is 33.4 Å². The predicted molar refractivity (Wildman–Crippen MR) is 133 cm³/mol. The van der Waals surface area contributed by atoms with E-state index in [1.807, 2.05) is 12.1 Å². The summed E-state index contributed by atoms with van der Waals surface area (Å²) in [5.41, 5.74) is 0.969. The van der Waals surface area contributed by atoms with Crippen LogP contribution in [-0.4, -0.2) is 50.6 Å². The number of carbonyl (C=O) groups excluding carboxylic acids is 2. The molecule has 196 valence electrons. The predicted octanol–water partition coefficient (Wildman–Crippen LogP) is 4.32. The smallest absolute Gasteiger partial charge is 0.314 e. The Balaban J connectivity index is 1.37. The SMILES string of the molecule is COCCCOc1ccc(OC(=O)C2CCC(C(=O)Oc3ccc(COCCCO)cc3)CC2)cc1. The highest BCUT2D eigenvalue weighted by Crippen LogP contribution is 2.31. The zero-order chi connectivity index (χ0) is 25.6. The molecule has 8 heteroatoms. The fourth-order valence-corrected chi connectivity index (χ4v) is 3.97. The largest absolute Gasteiger partial charge is 0.494 e. The maximum Gasteiger partial charge on any atom is 0.314 e. The number of ether oxygens (including phenoxy) is 5. The summed E-state index contributed by atoms with van der Waals surface area (Å²) in [6.07, 6.45) is 3.76. The normalized spacial score (nSPS) is 17.4. The van der Waals surface area contributed by atoms with Crippen LogP contribution < -0.4 is 14.2 Å². The van der Waals surface area contributed by atoms with E-state index in [0.29, 0.717) is 75.8 Å². The van der Waals surface area contributed by atoms with E-state index in [1.54, 1.807) is 43.5 Å². The summed E-state index contributed by atoms with van der Waals surface area (Å²) in [4.78, 5) is 25.2. The number of carbonyl (C=O) groups is 2. The average Bonchev–Trinajstić information content (AvgIpc) is 2.91. The molecular weight excluding hydrogens is 464 g/mol. The molecule has 2 aromatic rings. The van der Waals surface area contributed by atoms with Gasteiger partial charge in [-0.3, -0.25) is 9.59 Å². The van der Waals surface area contributed by atoms with Gasteiger partial charge in [0.1, 0.15) is 17.2 Å². The van der Waals surface area contributed by atoms with Gasteiger partial charge in [0.05, 0.1) is 25.0 Å². The molecule has 1 aliphatic carbocycles. The Hall–Kier alpha value is -2.94. The van der Waals surface area contributed by atoms with E-state index >= 15 is 0 Å². The molecule has 0 unspecified atom stereocenters. The summed E-state index contributed by atoms with van der Waals surface area (Å²) < 4.78 is 27.2. The van der Waals surface area contributed by atoms with Crippen LogP contribution in [0.15, 0.2) is 48.5 Å². The quantitative estimate of drug-likeness (QED) is 0.233. The highest BCUT2D eigenvalue weighted by atomic mass is 16.5. The Bertz CT molecular complexity index is 840. The number of rotatable bonds is 14. The van der Waals surface area contributed by atoms with Gasteiger partial charge < -0.3 is 28.8 Å². The Morgan fingerprint density at radius 3 is 1.81 bits per heavy atom. The van der Waals surface area contributed by atoms with E-state index in [2.05, 4.69) is 0 Å². The first-order valence-corrected chi connectivity index (χ1v) is 12.5. The summed E-state index contributed by atoms with van der Waals surface area (Å²) in [5, 5.41) is 8.78. The number of methoxy groups -OCH3 is 1. The summed E-state index contributed by atoms with van der Waals surface area (Å²) in [7, 11) is 1.65. The molecule has 8 nitrogen and oxygen atoms in total. The van der Waals surface area contributed by atoms with Crippen molar-refractivity contribution < 1.29 is 38.4 Å². The number of hydrogen-bond donors (Lipinski definition) is 1. The molecule has 0 heterocycles. The van der Waals surface area contributed by atoms with Crippen molar-refractivity contribution in [2.75, 3.05) is 33.5 Å². The number of benzene rings is 2. The van der Waals surface area contributed by atoms with Crippen molar-refractivity contribution in [3.05, 3.63) is 54.1 Å². The molecule has 0 atom stereocenters. The lowest BCUT2D eigenvalue weighted by Gasteiger charge is -2.25. The molecular formula is C28H36O8. The lowest BCUT2D eigenvalue weighted by Crippen LogP contribution is -2.30. The van der Waals surface area contributed by atoms with Crippen LogP contribution in [0.25, 0.3) is 0 Å². The Kier molecular flexibility index (Phi) is 11.7. The Labute approximate surface area is 212 Å². The second-order valence-corrected chi connectivity index (χ2v) is 8.83. The van der Waals surface area contributed by atoms with E-state index in [0.717, 1.165) is 12.0 Å². The van der Waals surface area contributed by atoms with Gasteiger partial charge in [-0.1, -0.05) is 12.1 Å². The second kappa shape index (κ2) is 15.2. The highest BCUT2D eigenvalue weighted by Gasteiger charge is 2.32. The van der Waals surface area contributed by atoms with Gasteiger partial charge >= 0.3 is 11.9 Å². The van der Waals surface area contributed by atoms with Crippen molar-refractivity contribution in [3.8, 4) is 17.2 Å². The van der Waals surface area contributed by atoms with Crippen molar-refractivity contribution in [3.63, 3.8) is 0 Å². The molecule has 0 aromatic heterocycles. The molecule has 1 N–H and O–H groups in total. The monoisotopic (exact) mass is 500 g/mol. The van der Waals surface area contributed by atoms with Crippen molar-refractivity contribution in [1.82, 2.24) is 0 Å². The summed E-state index contributed by atoms with van der Waals surface area (Å²) in [6, 6.07) is 14.2. The van der Waals surface area contributed by atoms with Crippen molar-refractivity contribution in [1.29, 1.82) is 0 Å². The lowest BCUT2D eigenvalue weighted by atomic mass is 9.82. The Morgan fingerprint density at radius 2 is 1.28 bits per heavy atom. The van der Waals surface area contributed by atoms with Crippen molar-refractivity contribution in [2.45, 2.75) is 45.1 Å². The van der Waals surface area contributed by atoms with Crippen LogP contribution in [-0.2, 0) is 25.7 Å². The molecule has 1 aliphatic rings. The molecule has 0 aliphatic heterocycles. The number of aliphatic hydroxyl groups is 1. The lowest BCUT2D eigenvalue weighted by molar-refractivity contribution is -0.145. The topological polar surface area (TPSA) is 101 Å². The standard InChI is InChI=1S/C28H36O8/c1-32-17-3-19-34-24-12-14-26(15-13-24)36-28(31)23-8-6-22(7-9-23)27(30)35-25-10-4-21(5-11-25)20-33-18-2-16-29/h4-5,10-15,22-23,29H,2-3,6-9,16-20H2,1H3. The molecule has 1 fully saturated rings. The number of hydrogen-bond acceptors (Lipinski definition) is 8. The third-order valence-corrected chi connectivity index (χ3v) is 6.05. The Morgan fingerprint density at radius 1 is 0.750 bits per heavy atom. The highest BCUT2D eigenvalue weighted by molar-refractivity contribution is 5.77. The molecule has 3 rings (SSSR count). The third kappa shape index (κ3) is 9.26. The minimum absolute atomic E-state index is 0.109. The molecule has 0 radical (unpaired) electrons. The van der Waals surface area contributed by atoms with Crippen molar-refractivity contribution in [2.24, 2.45) is 11.8 Å². The molecule has 0 amide bonds. The van der Waals surface area contributed by atoms with E-state index in [-0.39, 0.29) is 30.4 Å². The summed E-state index contributed by atoms with van der Waals surface area (Å²) in [5.74, 6) is 0.683. The molecule has 0 bridgehead atoms. The van der Waals surface area contributed by atoms with E-state index in [4.69, 9.17) is 28.8 Å². The van der Waals surface area contributed by atoms with Gasteiger partial charge in [0.2, 0.25) is 0 Å². The maximum atomic E-state index is 12.6. The van der Waals surface area contributed by atoms with Crippen LogP contribution in [0.2, 0.25) is 0 Å². The van der Waals surface area contributed by atoms with Gasteiger partial charge in [0.15, 0.2) is 0 Å². The number of aliphatic hydroxyl groups excluding tert-OH is 1. The van der Waals surface area contributed by atoms with Crippen LogP contribution in [0.3, 0.4) is 0 Å². The molecule has 0 spiro atoms. The molecule has 2 aromatic carbocycles.